The summed E-state index contributed by atoms with van der Waals surface area (Å²) in [6.07, 6.45) is 2.54. The van der Waals surface area contributed by atoms with Crippen LogP contribution in [0.4, 0.5) is 0 Å². The van der Waals surface area contributed by atoms with E-state index in [1.807, 2.05) is 0 Å². The van der Waals surface area contributed by atoms with Gasteiger partial charge in [0.05, 0.1) is 0 Å². The van der Waals surface area contributed by atoms with E-state index < -0.39 is 0 Å². The van der Waals surface area contributed by atoms with Crippen LogP contribution in [0.3, 0.4) is 0 Å². The van der Waals surface area contributed by atoms with Crippen LogP contribution in [0.25, 0.3) is 0 Å². The van der Waals surface area contributed by atoms with Gasteiger partial charge in [-0.2, -0.15) is 0 Å². The summed E-state index contributed by atoms with van der Waals surface area (Å²) in [7, 11) is 0. The lowest BCUT2D eigenvalue weighted by atomic mass is 10.1. The molecule has 1 saturated carbocycles. The molecule has 0 spiro atoms. The zero-order valence-electron chi connectivity index (χ0n) is 11.4. The first-order chi connectivity index (χ1) is 8.29. The van der Waals surface area contributed by atoms with Gasteiger partial charge < -0.3 is 0 Å². The van der Waals surface area contributed by atoms with E-state index in [-0.39, 0.29) is 0 Å². The summed E-state index contributed by atoms with van der Waals surface area (Å²) in [5.41, 5.74) is 1.53. The third-order valence-electron chi connectivity index (χ3n) is 3.96. The first-order valence-electron chi connectivity index (χ1n) is 7.08. The molecule has 0 aliphatic heterocycles. The van der Waals surface area contributed by atoms with Crippen molar-refractivity contribution < 1.29 is 0 Å². The minimum absolute atomic E-state index is 0.772. The summed E-state index contributed by atoms with van der Waals surface area (Å²) in [5, 5.41) is 0. The van der Waals surface area contributed by atoms with E-state index in [4.69, 9.17) is 0 Å². The highest BCUT2D eigenvalue weighted by Gasteiger charge is 2.50. The van der Waals surface area contributed by atoms with E-state index >= 15 is 0 Å². The monoisotopic (exact) mass is 231 g/mol. The molecule has 0 aromatic heterocycles. The minimum Gasteiger partial charge on any atom is -0.300 e. The van der Waals surface area contributed by atoms with Gasteiger partial charge in [-0.25, -0.2) is 0 Å². The molecule has 0 bridgehead atoms. The van der Waals surface area contributed by atoms with Crippen LogP contribution in [0.2, 0.25) is 0 Å². The molecule has 1 nitrogen and oxygen atoms in total. The van der Waals surface area contributed by atoms with E-state index in [2.05, 4.69) is 56.0 Å². The lowest BCUT2D eigenvalue weighted by Gasteiger charge is -2.21. The second-order valence-corrected chi connectivity index (χ2v) is 5.32. The van der Waals surface area contributed by atoms with Gasteiger partial charge in [-0.3, -0.25) is 4.90 Å². The summed E-state index contributed by atoms with van der Waals surface area (Å²) in [5.74, 6) is 1.60. The smallest absolute Gasteiger partial charge is 0.0199 e. The van der Waals surface area contributed by atoms with Crippen LogP contribution < -0.4 is 0 Å². The molecule has 0 saturated heterocycles. The van der Waals surface area contributed by atoms with Crippen LogP contribution in [0, 0.1) is 5.92 Å². The molecule has 1 fully saturated rings. The molecule has 0 N–H and O–H groups in total. The van der Waals surface area contributed by atoms with Crippen molar-refractivity contribution in [2.75, 3.05) is 13.1 Å². The van der Waals surface area contributed by atoms with Crippen molar-refractivity contribution in [3.63, 3.8) is 0 Å². The maximum atomic E-state index is 2.70. The van der Waals surface area contributed by atoms with Crippen molar-refractivity contribution in [3.8, 4) is 0 Å². The lowest BCUT2D eigenvalue weighted by Crippen LogP contribution is -2.29. The van der Waals surface area contributed by atoms with E-state index in [1.54, 1.807) is 0 Å². The molecule has 1 aromatic carbocycles. The molecule has 1 aliphatic carbocycles. The fourth-order valence-corrected chi connectivity index (χ4v) is 3.16. The third kappa shape index (κ3) is 2.71. The van der Waals surface area contributed by atoms with Crippen LogP contribution in [0.5, 0.6) is 0 Å². The third-order valence-corrected chi connectivity index (χ3v) is 3.96. The maximum Gasteiger partial charge on any atom is 0.0199 e. The molecular weight excluding hydrogens is 206 g/mol. The predicted octanol–water partition coefficient (Wildman–Crippen LogP) is 3.91. The Balaban J connectivity index is 2.03. The Hall–Kier alpha value is -0.820. The highest BCUT2D eigenvalue weighted by molar-refractivity contribution is 5.30. The van der Waals surface area contributed by atoms with Crippen molar-refractivity contribution in [1.82, 2.24) is 4.90 Å². The molecule has 94 valence electrons. The fourth-order valence-electron chi connectivity index (χ4n) is 3.16. The Morgan fingerprint density at radius 2 is 1.59 bits per heavy atom. The maximum absolute atomic E-state index is 2.70. The molecule has 1 aliphatic rings. The summed E-state index contributed by atoms with van der Waals surface area (Å²) < 4.78 is 0. The van der Waals surface area contributed by atoms with Gasteiger partial charge in [0.25, 0.3) is 0 Å². The number of nitrogens with zero attached hydrogens (tertiary/aromatic N) is 1. The topological polar surface area (TPSA) is 3.24 Å². The Morgan fingerprint density at radius 1 is 1.00 bits per heavy atom. The van der Waals surface area contributed by atoms with Crippen molar-refractivity contribution in [2.45, 2.75) is 45.6 Å². The number of benzene rings is 1. The number of rotatable bonds is 6. The summed E-state index contributed by atoms with van der Waals surface area (Å²) >= 11 is 0. The average Bonchev–Trinajstić information content (AvgIpc) is 3.02. The van der Waals surface area contributed by atoms with E-state index in [0.29, 0.717) is 0 Å². The van der Waals surface area contributed by atoms with Crippen molar-refractivity contribution in [2.24, 2.45) is 5.92 Å². The molecule has 2 rings (SSSR count). The van der Waals surface area contributed by atoms with Crippen LogP contribution in [-0.4, -0.2) is 24.0 Å². The molecule has 1 aromatic rings. The Labute approximate surface area is 106 Å². The first-order valence-corrected chi connectivity index (χ1v) is 7.08. The van der Waals surface area contributed by atoms with E-state index in [1.165, 1.54) is 31.5 Å². The summed E-state index contributed by atoms with van der Waals surface area (Å²) in [4.78, 5) is 2.70. The molecule has 0 radical (unpaired) electrons. The van der Waals surface area contributed by atoms with E-state index in [0.717, 1.165) is 17.9 Å². The van der Waals surface area contributed by atoms with Crippen LogP contribution in [-0.2, 0) is 0 Å². The normalized spacial score (nSPS) is 27.4. The van der Waals surface area contributed by atoms with Gasteiger partial charge in [0, 0.05) is 12.0 Å². The fraction of sp³-hybridized carbons (Fsp3) is 0.625. The number of hydrogen-bond acceptors (Lipinski definition) is 1. The first kappa shape index (κ1) is 12.6. The molecule has 1 heteroatoms. The molecule has 0 heterocycles. The minimum atomic E-state index is 0.772. The Morgan fingerprint density at radius 3 is 2.12 bits per heavy atom. The van der Waals surface area contributed by atoms with Gasteiger partial charge in [0.2, 0.25) is 0 Å². The quantitative estimate of drug-likeness (QED) is 0.717. The highest BCUT2D eigenvalue weighted by Crippen LogP contribution is 2.50. The van der Waals surface area contributed by atoms with Crippen LogP contribution in [0.15, 0.2) is 30.3 Å². The van der Waals surface area contributed by atoms with Crippen molar-refractivity contribution in [1.29, 1.82) is 0 Å². The van der Waals surface area contributed by atoms with Crippen LogP contribution in [0.1, 0.15) is 45.1 Å². The SMILES string of the molecule is CCCN(CCC)C1C(C)C1c1ccccc1. The standard InChI is InChI=1S/C16H25N/c1-4-11-17(12-5-2)16-13(3)15(16)14-9-7-6-8-10-14/h6-10,13,15-16H,4-5,11-12H2,1-3H3. The van der Waals surface area contributed by atoms with Crippen molar-refractivity contribution >= 4 is 0 Å². The van der Waals surface area contributed by atoms with Gasteiger partial charge in [0.15, 0.2) is 0 Å². The highest BCUT2D eigenvalue weighted by atomic mass is 15.2. The van der Waals surface area contributed by atoms with Crippen molar-refractivity contribution in [3.05, 3.63) is 35.9 Å². The lowest BCUT2D eigenvalue weighted by molar-refractivity contribution is 0.251. The Bertz CT molecular complexity index is 327. The van der Waals surface area contributed by atoms with Crippen LogP contribution >= 0.6 is 0 Å². The molecule has 17 heavy (non-hydrogen) atoms. The molecule has 0 amide bonds. The second-order valence-electron chi connectivity index (χ2n) is 5.32. The summed E-state index contributed by atoms with van der Waals surface area (Å²) in [6, 6.07) is 11.8. The van der Waals surface area contributed by atoms with Gasteiger partial charge in [-0.05, 0) is 37.4 Å². The zero-order chi connectivity index (χ0) is 12.3. The zero-order valence-corrected chi connectivity index (χ0v) is 11.4. The van der Waals surface area contributed by atoms with Gasteiger partial charge >= 0.3 is 0 Å². The predicted molar refractivity (Wildman–Crippen MR) is 74.3 cm³/mol. The summed E-state index contributed by atoms with van der Waals surface area (Å²) in [6.45, 7) is 9.49. The van der Waals surface area contributed by atoms with Gasteiger partial charge in [-0.15, -0.1) is 0 Å². The largest absolute Gasteiger partial charge is 0.300 e. The molecule has 3 unspecified atom stereocenters. The molecular formula is C16H25N. The molecule has 3 atom stereocenters. The number of hydrogen-bond donors (Lipinski definition) is 0. The Kier molecular flexibility index (Phi) is 4.22. The van der Waals surface area contributed by atoms with Gasteiger partial charge in [0.1, 0.15) is 0 Å². The second kappa shape index (κ2) is 5.68. The van der Waals surface area contributed by atoms with Gasteiger partial charge in [-0.1, -0.05) is 51.1 Å². The average molecular weight is 231 g/mol. The van der Waals surface area contributed by atoms with E-state index in [9.17, 15) is 0 Å².